The van der Waals surface area contributed by atoms with E-state index in [9.17, 15) is 9.59 Å². The molecular weight excluding hydrogens is 294 g/mol. The molecule has 1 aliphatic carbocycles. The summed E-state index contributed by atoms with van der Waals surface area (Å²) in [5.41, 5.74) is 1.80. The molecule has 0 spiro atoms. The number of nitrogens with one attached hydrogen (secondary N) is 1. The molecule has 0 radical (unpaired) electrons. The molecule has 1 aromatic rings. The van der Waals surface area contributed by atoms with Crippen molar-refractivity contribution in [3.8, 4) is 0 Å². The summed E-state index contributed by atoms with van der Waals surface area (Å²) >= 11 is 0. The van der Waals surface area contributed by atoms with Gasteiger partial charge in [0.1, 0.15) is 5.56 Å². The van der Waals surface area contributed by atoms with Crippen molar-refractivity contribution in [2.45, 2.75) is 71.4 Å². The molecule has 0 aromatic carbocycles. The minimum Gasteiger partial charge on any atom is -0.449 e. The van der Waals surface area contributed by atoms with Crippen molar-refractivity contribution in [3.05, 3.63) is 17.0 Å². The quantitative estimate of drug-likeness (QED) is 0.683. The molecule has 1 unspecified atom stereocenters. The molecule has 2 rings (SSSR count). The zero-order valence-electron chi connectivity index (χ0n) is 14.5. The molecule has 23 heavy (non-hydrogen) atoms. The van der Waals surface area contributed by atoms with Gasteiger partial charge in [0.05, 0.1) is 5.69 Å². The van der Waals surface area contributed by atoms with Crippen molar-refractivity contribution < 1.29 is 14.3 Å². The summed E-state index contributed by atoms with van der Waals surface area (Å²) in [5, 5.41) is 7.22. The number of aryl methyl sites for hydroxylation is 2. The summed E-state index contributed by atoms with van der Waals surface area (Å²) < 4.78 is 6.98. The van der Waals surface area contributed by atoms with Gasteiger partial charge in [-0.05, 0) is 33.6 Å². The number of carbonyl (C=O) groups excluding carboxylic acids is 2. The molecular formula is C17H27N3O3. The average molecular weight is 321 g/mol. The van der Waals surface area contributed by atoms with Gasteiger partial charge in [-0.15, -0.1) is 0 Å². The van der Waals surface area contributed by atoms with Gasteiger partial charge in [0.2, 0.25) is 0 Å². The van der Waals surface area contributed by atoms with Gasteiger partial charge in [-0.1, -0.05) is 25.7 Å². The van der Waals surface area contributed by atoms with Gasteiger partial charge in [-0.2, -0.15) is 5.10 Å². The van der Waals surface area contributed by atoms with Crippen LogP contribution < -0.4 is 5.32 Å². The van der Waals surface area contributed by atoms with Crippen LogP contribution in [-0.2, 0) is 16.6 Å². The Morgan fingerprint density at radius 1 is 1.22 bits per heavy atom. The molecule has 6 heteroatoms. The minimum atomic E-state index is -0.801. The Morgan fingerprint density at radius 2 is 1.83 bits per heavy atom. The second-order valence-corrected chi connectivity index (χ2v) is 6.41. The predicted octanol–water partition coefficient (Wildman–Crippen LogP) is 2.42. The molecule has 0 bridgehead atoms. The maximum absolute atomic E-state index is 12.3. The van der Waals surface area contributed by atoms with Crippen LogP contribution in [0.25, 0.3) is 0 Å². The van der Waals surface area contributed by atoms with Gasteiger partial charge < -0.3 is 10.1 Å². The van der Waals surface area contributed by atoms with Crippen LogP contribution in [-0.4, -0.2) is 33.8 Å². The van der Waals surface area contributed by atoms with Crippen molar-refractivity contribution in [3.63, 3.8) is 0 Å². The first-order chi connectivity index (χ1) is 10.9. The zero-order valence-corrected chi connectivity index (χ0v) is 14.5. The van der Waals surface area contributed by atoms with E-state index < -0.39 is 12.1 Å². The van der Waals surface area contributed by atoms with Crippen LogP contribution in [0.4, 0.5) is 0 Å². The van der Waals surface area contributed by atoms with E-state index in [0.29, 0.717) is 11.3 Å². The Hall–Kier alpha value is -1.85. The molecule has 1 N–H and O–H groups in total. The molecule has 0 saturated heterocycles. The van der Waals surface area contributed by atoms with Crippen molar-refractivity contribution in [1.82, 2.24) is 15.1 Å². The normalized spacial score (nSPS) is 17.4. The first kappa shape index (κ1) is 17.5. The van der Waals surface area contributed by atoms with Crippen LogP contribution in [0.5, 0.6) is 0 Å². The van der Waals surface area contributed by atoms with Gasteiger partial charge in [0.15, 0.2) is 6.10 Å². The van der Waals surface area contributed by atoms with Crippen molar-refractivity contribution in [2.24, 2.45) is 7.05 Å². The number of carbonyl (C=O) groups is 2. The molecule has 1 saturated carbocycles. The number of aromatic nitrogens is 2. The molecule has 1 heterocycles. The highest BCUT2D eigenvalue weighted by Crippen LogP contribution is 2.18. The molecule has 1 amide bonds. The van der Waals surface area contributed by atoms with E-state index in [2.05, 4.69) is 10.4 Å². The van der Waals surface area contributed by atoms with E-state index in [1.807, 2.05) is 6.92 Å². The Morgan fingerprint density at radius 3 is 2.35 bits per heavy atom. The van der Waals surface area contributed by atoms with E-state index in [0.717, 1.165) is 31.4 Å². The lowest BCUT2D eigenvalue weighted by molar-refractivity contribution is -0.129. The van der Waals surface area contributed by atoms with Crippen LogP contribution in [0.15, 0.2) is 0 Å². The first-order valence-electron chi connectivity index (χ1n) is 8.41. The number of nitrogens with zero attached hydrogens (tertiary/aromatic N) is 2. The molecule has 128 valence electrons. The topological polar surface area (TPSA) is 73.2 Å². The molecule has 1 aliphatic rings. The van der Waals surface area contributed by atoms with Crippen LogP contribution in [0.3, 0.4) is 0 Å². The Kier molecular flexibility index (Phi) is 5.80. The third-order valence-electron chi connectivity index (χ3n) is 4.57. The summed E-state index contributed by atoms with van der Waals surface area (Å²) in [6.07, 6.45) is 5.97. The van der Waals surface area contributed by atoms with Crippen LogP contribution in [0, 0.1) is 13.8 Å². The molecule has 1 aromatic heterocycles. The summed E-state index contributed by atoms with van der Waals surface area (Å²) in [6.45, 7) is 5.19. The average Bonchev–Trinajstić information content (AvgIpc) is 2.68. The van der Waals surface area contributed by atoms with Crippen LogP contribution in [0.1, 0.15) is 67.2 Å². The first-order valence-corrected chi connectivity index (χ1v) is 8.41. The van der Waals surface area contributed by atoms with Gasteiger partial charge in [0, 0.05) is 18.8 Å². The number of hydrogen-bond acceptors (Lipinski definition) is 4. The Labute approximate surface area is 137 Å². The number of ether oxygens (including phenoxy) is 1. The highest BCUT2D eigenvalue weighted by molar-refractivity contribution is 5.94. The summed E-state index contributed by atoms with van der Waals surface area (Å²) in [6, 6.07) is 0.202. The van der Waals surface area contributed by atoms with Crippen molar-refractivity contribution in [1.29, 1.82) is 0 Å². The number of rotatable bonds is 4. The second-order valence-electron chi connectivity index (χ2n) is 6.41. The Balaban J connectivity index is 1.93. The number of hydrogen-bond donors (Lipinski definition) is 1. The fourth-order valence-electron chi connectivity index (χ4n) is 3.08. The van der Waals surface area contributed by atoms with Gasteiger partial charge in [-0.25, -0.2) is 4.79 Å². The Bertz CT molecular complexity index is 572. The van der Waals surface area contributed by atoms with E-state index in [1.54, 1.807) is 25.6 Å². The fraction of sp³-hybridized carbons (Fsp3) is 0.706. The van der Waals surface area contributed by atoms with E-state index in [4.69, 9.17) is 4.74 Å². The van der Waals surface area contributed by atoms with Crippen LogP contribution in [0.2, 0.25) is 0 Å². The smallest absolute Gasteiger partial charge is 0.342 e. The lowest BCUT2D eigenvalue weighted by Crippen LogP contribution is -2.41. The van der Waals surface area contributed by atoms with E-state index in [1.165, 1.54) is 12.8 Å². The minimum absolute atomic E-state index is 0.202. The fourth-order valence-corrected chi connectivity index (χ4v) is 3.08. The standard InChI is InChI=1S/C17H27N3O3/c1-11-15(12(2)20(4)19-11)17(22)23-13(3)16(21)18-14-9-7-5-6-8-10-14/h13-14H,5-10H2,1-4H3,(H,18,21). The predicted molar refractivity (Wildman–Crippen MR) is 87.2 cm³/mol. The molecule has 1 fully saturated rings. The maximum atomic E-state index is 12.3. The summed E-state index contributed by atoms with van der Waals surface area (Å²) in [4.78, 5) is 24.6. The van der Waals surface area contributed by atoms with Gasteiger partial charge >= 0.3 is 5.97 Å². The van der Waals surface area contributed by atoms with Crippen molar-refractivity contribution >= 4 is 11.9 Å². The molecule has 1 atom stereocenters. The van der Waals surface area contributed by atoms with Gasteiger partial charge in [-0.3, -0.25) is 9.48 Å². The zero-order chi connectivity index (χ0) is 17.0. The third-order valence-corrected chi connectivity index (χ3v) is 4.57. The SMILES string of the molecule is Cc1nn(C)c(C)c1C(=O)OC(C)C(=O)NC1CCCCCC1. The number of amides is 1. The number of esters is 1. The lowest BCUT2D eigenvalue weighted by Gasteiger charge is -2.19. The maximum Gasteiger partial charge on any atom is 0.342 e. The summed E-state index contributed by atoms with van der Waals surface area (Å²) in [7, 11) is 1.78. The highest BCUT2D eigenvalue weighted by atomic mass is 16.5. The van der Waals surface area contributed by atoms with Crippen LogP contribution >= 0.6 is 0 Å². The second kappa shape index (κ2) is 7.62. The summed E-state index contributed by atoms with van der Waals surface area (Å²) in [5.74, 6) is -0.707. The highest BCUT2D eigenvalue weighted by Gasteiger charge is 2.25. The lowest BCUT2D eigenvalue weighted by atomic mass is 10.1. The van der Waals surface area contributed by atoms with Crippen molar-refractivity contribution in [2.75, 3.05) is 0 Å². The molecule has 0 aliphatic heterocycles. The molecule has 6 nitrogen and oxygen atoms in total. The van der Waals surface area contributed by atoms with Gasteiger partial charge in [0.25, 0.3) is 5.91 Å². The van der Waals surface area contributed by atoms with E-state index in [-0.39, 0.29) is 11.9 Å². The van der Waals surface area contributed by atoms with E-state index >= 15 is 0 Å². The third kappa shape index (κ3) is 4.33. The monoisotopic (exact) mass is 321 g/mol. The largest absolute Gasteiger partial charge is 0.449 e.